The molecule has 8 heteroatoms. The predicted molar refractivity (Wildman–Crippen MR) is 126 cm³/mol. The van der Waals surface area contributed by atoms with E-state index in [4.69, 9.17) is 11.6 Å². The summed E-state index contributed by atoms with van der Waals surface area (Å²) in [6, 6.07) is 7.20. The number of hydrogen-bond acceptors (Lipinski definition) is 5. The fraction of sp³-hybridized carbons (Fsp3) is 0.318. The van der Waals surface area contributed by atoms with Crippen molar-refractivity contribution in [2.45, 2.75) is 37.9 Å². The summed E-state index contributed by atoms with van der Waals surface area (Å²) in [5.41, 5.74) is 3.18. The second-order valence-electron chi connectivity index (χ2n) is 7.42. The summed E-state index contributed by atoms with van der Waals surface area (Å²) in [5, 5.41) is 15.1. The number of anilines is 1. The highest BCUT2D eigenvalue weighted by Gasteiger charge is 2.24. The van der Waals surface area contributed by atoms with E-state index in [-0.39, 0.29) is 11.7 Å². The van der Waals surface area contributed by atoms with Crippen molar-refractivity contribution in [2.24, 2.45) is 5.92 Å². The Kier molecular flexibility index (Phi) is 6.61. The molecule has 1 atom stereocenters. The minimum atomic E-state index is -0.135. The van der Waals surface area contributed by atoms with Gasteiger partial charge in [0.05, 0.1) is 16.5 Å². The Bertz CT molecular complexity index is 1080. The summed E-state index contributed by atoms with van der Waals surface area (Å²) in [5.74, 6) is 1.68. The van der Waals surface area contributed by atoms with Crippen LogP contribution in [0.4, 0.5) is 5.69 Å². The zero-order valence-corrected chi connectivity index (χ0v) is 19.1. The number of nitrogens with one attached hydrogen (secondary N) is 1. The van der Waals surface area contributed by atoms with Gasteiger partial charge in [-0.05, 0) is 42.9 Å². The van der Waals surface area contributed by atoms with Crippen molar-refractivity contribution >= 4 is 46.3 Å². The lowest BCUT2D eigenvalue weighted by Crippen LogP contribution is -2.15. The van der Waals surface area contributed by atoms with Gasteiger partial charge in [-0.3, -0.25) is 9.36 Å². The summed E-state index contributed by atoms with van der Waals surface area (Å²) in [7, 11) is 0. The summed E-state index contributed by atoms with van der Waals surface area (Å²) in [6.07, 6.45) is 5.26. The number of amides is 1. The SMILES string of the molecule is C=CCn1c(SCC(=O)Nc2ccccc2Cl)nnc1-c1csc2c1CCC(C)C2. The van der Waals surface area contributed by atoms with Crippen LogP contribution in [0.5, 0.6) is 0 Å². The van der Waals surface area contributed by atoms with Crippen LogP contribution in [0, 0.1) is 5.92 Å². The number of nitrogens with zero attached hydrogens (tertiary/aromatic N) is 3. The van der Waals surface area contributed by atoms with Gasteiger partial charge >= 0.3 is 0 Å². The molecule has 1 amide bonds. The van der Waals surface area contributed by atoms with Gasteiger partial charge in [-0.1, -0.05) is 48.5 Å². The number of thioether (sulfide) groups is 1. The Balaban J connectivity index is 1.51. The average molecular weight is 459 g/mol. The fourth-order valence-electron chi connectivity index (χ4n) is 3.63. The van der Waals surface area contributed by atoms with E-state index in [2.05, 4.69) is 34.4 Å². The molecule has 0 saturated heterocycles. The largest absolute Gasteiger partial charge is 0.324 e. The van der Waals surface area contributed by atoms with Crippen molar-refractivity contribution < 1.29 is 4.79 Å². The third-order valence-electron chi connectivity index (χ3n) is 5.15. The van der Waals surface area contributed by atoms with Gasteiger partial charge < -0.3 is 5.32 Å². The molecule has 0 saturated carbocycles. The zero-order valence-electron chi connectivity index (χ0n) is 16.7. The number of hydrogen-bond donors (Lipinski definition) is 1. The molecule has 0 spiro atoms. The molecule has 0 bridgehead atoms. The lowest BCUT2D eigenvalue weighted by atomic mass is 9.88. The van der Waals surface area contributed by atoms with Crippen LogP contribution in [0.15, 0.2) is 47.5 Å². The molecule has 1 unspecified atom stereocenters. The molecule has 30 heavy (non-hydrogen) atoms. The molecule has 5 nitrogen and oxygen atoms in total. The van der Waals surface area contributed by atoms with Crippen molar-refractivity contribution in [3.8, 4) is 11.4 Å². The molecule has 0 fully saturated rings. The number of aromatic nitrogens is 3. The second-order valence-corrected chi connectivity index (χ2v) is 9.74. The van der Waals surface area contributed by atoms with Crippen molar-refractivity contribution in [3.63, 3.8) is 0 Å². The summed E-state index contributed by atoms with van der Waals surface area (Å²) >= 11 is 9.30. The van der Waals surface area contributed by atoms with Gasteiger partial charge in [0.1, 0.15) is 0 Å². The average Bonchev–Trinajstić information content (AvgIpc) is 3.32. The van der Waals surface area contributed by atoms with E-state index in [0.29, 0.717) is 22.4 Å². The number of rotatable bonds is 7. The maximum absolute atomic E-state index is 12.4. The van der Waals surface area contributed by atoms with Crippen molar-refractivity contribution in [2.75, 3.05) is 11.1 Å². The van der Waals surface area contributed by atoms with Gasteiger partial charge in [0, 0.05) is 22.4 Å². The minimum absolute atomic E-state index is 0.135. The van der Waals surface area contributed by atoms with Crippen molar-refractivity contribution in [3.05, 3.63) is 57.8 Å². The fourth-order valence-corrected chi connectivity index (χ4v) is 5.81. The van der Waals surface area contributed by atoms with E-state index in [1.807, 2.05) is 34.1 Å². The lowest BCUT2D eigenvalue weighted by molar-refractivity contribution is -0.113. The number of thiophene rings is 1. The Morgan fingerprint density at radius 2 is 2.27 bits per heavy atom. The zero-order chi connectivity index (χ0) is 21.1. The van der Waals surface area contributed by atoms with Gasteiger partial charge in [-0.15, -0.1) is 28.1 Å². The van der Waals surface area contributed by atoms with Crippen LogP contribution in [0.2, 0.25) is 5.02 Å². The third kappa shape index (κ3) is 4.48. The van der Waals surface area contributed by atoms with Crippen LogP contribution in [-0.4, -0.2) is 26.4 Å². The third-order valence-corrected chi connectivity index (χ3v) is 7.50. The number of carbonyl (C=O) groups excluding carboxylic acids is 1. The van der Waals surface area contributed by atoms with Crippen LogP contribution < -0.4 is 5.32 Å². The van der Waals surface area contributed by atoms with E-state index in [0.717, 1.165) is 24.6 Å². The van der Waals surface area contributed by atoms with Crippen LogP contribution in [0.3, 0.4) is 0 Å². The molecule has 3 aromatic rings. The van der Waals surface area contributed by atoms with E-state index >= 15 is 0 Å². The second kappa shape index (κ2) is 9.37. The number of halogens is 1. The number of carbonyl (C=O) groups is 1. The Morgan fingerprint density at radius 3 is 3.07 bits per heavy atom. The molecule has 0 radical (unpaired) electrons. The van der Waals surface area contributed by atoms with Crippen LogP contribution in [0.1, 0.15) is 23.8 Å². The van der Waals surface area contributed by atoms with Crippen LogP contribution in [-0.2, 0) is 24.2 Å². The maximum Gasteiger partial charge on any atom is 0.234 e. The Labute approximate surface area is 189 Å². The van der Waals surface area contributed by atoms with Crippen LogP contribution >= 0.6 is 34.7 Å². The number of fused-ring (bicyclic) bond motifs is 1. The summed E-state index contributed by atoms with van der Waals surface area (Å²) < 4.78 is 2.04. The topological polar surface area (TPSA) is 59.8 Å². The van der Waals surface area contributed by atoms with Gasteiger partial charge in [-0.2, -0.15) is 0 Å². The van der Waals surface area contributed by atoms with Crippen LogP contribution in [0.25, 0.3) is 11.4 Å². The molecule has 2 heterocycles. The molecule has 1 aromatic carbocycles. The molecular weight excluding hydrogens is 436 g/mol. The minimum Gasteiger partial charge on any atom is -0.324 e. The Hall–Kier alpha value is -2.09. The molecule has 156 valence electrons. The first-order chi connectivity index (χ1) is 14.6. The molecule has 1 aliphatic rings. The first kappa shape index (κ1) is 21.2. The molecule has 1 aliphatic carbocycles. The summed E-state index contributed by atoms with van der Waals surface area (Å²) in [4.78, 5) is 13.9. The van der Waals surface area contributed by atoms with Crippen molar-refractivity contribution in [1.29, 1.82) is 0 Å². The quantitative estimate of drug-likeness (QED) is 0.364. The van der Waals surface area contributed by atoms with E-state index in [1.165, 1.54) is 34.2 Å². The number of allylic oxidation sites excluding steroid dienone is 1. The summed E-state index contributed by atoms with van der Waals surface area (Å²) in [6.45, 7) is 6.79. The molecule has 2 aromatic heterocycles. The van der Waals surface area contributed by atoms with Crippen molar-refractivity contribution in [1.82, 2.24) is 14.8 Å². The predicted octanol–water partition coefficient (Wildman–Crippen LogP) is 5.70. The van der Waals surface area contributed by atoms with Gasteiger partial charge in [-0.25, -0.2) is 0 Å². The first-order valence-electron chi connectivity index (χ1n) is 9.87. The van der Waals surface area contributed by atoms with E-state index < -0.39 is 0 Å². The van der Waals surface area contributed by atoms with Gasteiger partial charge in [0.15, 0.2) is 11.0 Å². The molecule has 4 rings (SSSR count). The highest BCUT2D eigenvalue weighted by atomic mass is 35.5. The molecule has 1 N–H and O–H groups in total. The van der Waals surface area contributed by atoms with E-state index in [1.54, 1.807) is 12.1 Å². The first-order valence-corrected chi connectivity index (χ1v) is 12.1. The molecular formula is C22H23ClN4OS2. The maximum atomic E-state index is 12.4. The standard InChI is InChI=1S/C22H23ClN4OS2/c1-3-10-27-21(16-12-29-19-11-14(2)8-9-15(16)19)25-26-22(27)30-13-20(28)24-18-7-5-4-6-17(18)23/h3-7,12,14H,1,8-11,13H2,2H3,(H,24,28). The molecule has 0 aliphatic heterocycles. The van der Waals surface area contributed by atoms with Gasteiger partial charge in [0.2, 0.25) is 5.91 Å². The number of benzene rings is 1. The highest BCUT2D eigenvalue weighted by Crippen LogP contribution is 2.38. The normalized spacial score (nSPS) is 15.6. The monoisotopic (exact) mass is 458 g/mol. The smallest absolute Gasteiger partial charge is 0.234 e. The Morgan fingerprint density at radius 1 is 1.43 bits per heavy atom. The number of para-hydroxylation sites is 1. The van der Waals surface area contributed by atoms with E-state index in [9.17, 15) is 4.79 Å². The lowest BCUT2D eigenvalue weighted by Gasteiger charge is -2.19. The highest BCUT2D eigenvalue weighted by molar-refractivity contribution is 7.99. The van der Waals surface area contributed by atoms with Gasteiger partial charge in [0.25, 0.3) is 0 Å².